The number of nitriles is 1. The molecule has 3 rings (SSSR count). The molecule has 2 fully saturated rings. The molecule has 0 radical (unpaired) electrons. The highest BCUT2D eigenvalue weighted by Gasteiger charge is 2.35. The number of hydrogen-bond acceptors (Lipinski definition) is 4. The maximum absolute atomic E-state index is 12.3. The zero-order chi connectivity index (χ0) is 17.7. The SMILES string of the molecule is Cc1ccccc1NC1CCN(CC(=O)NC2(C#N)CCCC2)CC1. The Morgan fingerprint density at radius 1 is 1.28 bits per heavy atom. The Morgan fingerprint density at radius 3 is 2.60 bits per heavy atom. The molecule has 1 aromatic carbocycles. The number of carbonyl (C=O) groups excluding carboxylic acids is 1. The Kier molecular flexibility index (Phi) is 5.60. The first-order chi connectivity index (χ1) is 12.1. The van der Waals surface area contributed by atoms with Crippen molar-refractivity contribution in [2.75, 3.05) is 25.0 Å². The summed E-state index contributed by atoms with van der Waals surface area (Å²) >= 11 is 0. The van der Waals surface area contributed by atoms with Crippen LogP contribution in [-0.4, -0.2) is 42.0 Å². The van der Waals surface area contributed by atoms with Crippen LogP contribution in [0.4, 0.5) is 5.69 Å². The lowest BCUT2D eigenvalue weighted by Crippen LogP contribution is -2.50. The molecule has 0 spiro atoms. The Hall–Kier alpha value is -2.06. The molecule has 1 aliphatic carbocycles. The van der Waals surface area contributed by atoms with E-state index in [2.05, 4.69) is 52.8 Å². The normalized spacial score (nSPS) is 20.8. The number of nitrogens with zero attached hydrogens (tertiary/aromatic N) is 2. The molecule has 134 valence electrons. The van der Waals surface area contributed by atoms with Gasteiger partial charge in [-0.1, -0.05) is 18.2 Å². The van der Waals surface area contributed by atoms with Crippen LogP contribution in [0.15, 0.2) is 24.3 Å². The van der Waals surface area contributed by atoms with Gasteiger partial charge in [-0.3, -0.25) is 9.69 Å². The Bertz CT molecular complexity index is 637. The number of hydrogen-bond donors (Lipinski definition) is 2. The zero-order valence-electron chi connectivity index (χ0n) is 15.1. The minimum atomic E-state index is -0.609. The molecule has 0 aromatic heterocycles. The van der Waals surface area contributed by atoms with Crippen LogP contribution in [0.2, 0.25) is 0 Å². The number of aryl methyl sites for hydroxylation is 1. The topological polar surface area (TPSA) is 68.2 Å². The molecule has 2 aliphatic rings. The van der Waals surface area contributed by atoms with E-state index in [1.54, 1.807) is 0 Å². The summed E-state index contributed by atoms with van der Waals surface area (Å²) in [4.78, 5) is 14.5. The second-order valence-corrected chi connectivity index (χ2v) is 7.46. The minimum absolute atomic E-state index is 0.00577. The first kappa shape index (κ1) is 17.8. The number of carbonyl (C=O) groups is 1. The number of para-hydroxylation sites is 1. The predicted molar refractivity (Wildman–Crippen MR) is 99.2 cm³/mol. The van der Waals surface area contributed by atoms with Crippen LogP contribution in [0.5, 0.6) is 0 Å². The minimum Gasteiger partial charge on any atom is -0.382 e. The number of benzene rings is 1. The van der Waals surface area contributed by atoms with Gasteiger partial charge in [-0.25, -0.2) is 0 Å². The molecule has 5 heteroatoms. The van der Waals surface area contributed by atoms with E-state index in [4.69, 9.17) is 0 Å². The average Bonchev–Trinajstić information content (AvgIpc) is 3.07. The number of likely N-dealkylation sites (tertiary alicyclic amines) is 1. The van der Waals surface area contributed by atoms with Gasteiger partial charge in [-0.05, 0) is 57.1 Å². The molecule has 2 N–H and O–H groups in total. The largest absolute Gasteiger partial charge is 0.382 e. The molecule has 0 bridgehead atoms. The summed E-state index contributed by atoms with van der Waals surface area (Å²) in [5, 5.41) is 16.0. The quantitative estimate of drug-likeness (QED) is 0.865. The fourth-order valence-corrected chi connectivity index (χ4v) is 3.94. The van der Waals surface area contributed by atoms with Crippen molar-refractivity contribution in [3.63, 3.8) is 0 Å². The van der Waals surface area contributed by atoms with Gasteiger partial charge in [0.15, 0.2) is 0 Å². The van der Waals surface area contributed by atoms with E-state index in [1.165, 1.54) is 11.3 Å². The first-order valence-corrected chi connectivity index (χ1v) is 9.37. The van der Waals surface area contributed by atoms with Crippen molar-refractivity contribution in [1.29, 1.82) is 5.26 Å². The fourth-order valence-electron chi connectivity index (χ4n) is 3.94. The van der Waals surface area contributed by atoms with E-state index in [-0.39, 0.29) is 5.91 Å². The molecule has 1 saturated heterocycles. The molecule has 0 atom stereocenters. The van der Waals surface area contributed by atoms with E-state index in [1.807, 2.05) is 0 Å². The van der Waals surface area contributed by atoms with Crippen molar-refractivity contribution < 1.29 is 4.79 Å². The van der Waals surface area contributed by atoms with Crippen LogP contribution < -0.4 is 10.6 Å². The van der Waals surface area contributed by atoms with Gasteiger partial charge in [0, 0.05) is 24.8 Å². The van der Waals surface area contributed by atoms with E-state index in [0.29, 0.717) is 12.6 Å². The summed E-state index contributed by atoms with van der Waals surface area (Å²) in [5.41, 5.74) is 1.86. The standard InChI is InChI=1S/C20H28N4O/c1-16-6-2-3-7-18(16)22-17-8-12-24(13-9-17)14-19(25)23-20(15-21)10-4-5-11-20/h2-3,6-7,17,22H,4-5,8-14H2,1H3,(H,23,25). The molecule has 1 heterocycles. The first-order valence-electron chi connectivity index (χ1n) is 9.37. The van der Waals surface area contributed by atoms with Crippen LogP contribution in [0, 0.1) is 18.3 Å². The molecule has 1 saturated carbocycles. The molecule has 0 unspecified atom stereocenters. The summed E-state index contributed by atoms with van der Waals surface area (Å²) < 4.78 is 0. The van der Waals surface area contributed by atoms with Gasteiger partial charge < -0.3 is 10.6 Å². The molecular formula is C20H28N4O. The maximum atomic E-state index is 12.3. The van der Waals surface area contributed by atoms with Gasteiger partial charge >= 0.3 is 0 Å². The zero-order valence-corrected chi connectivity index (χ0v) is 15.1. The highest BCUT2D eigenvalue weighted by molar-refractivity contribution is 5.79. The Morgan fingerprint density at radius 2 is 1.96 bits per heavy atom. The summed E-state index contributed by atoms with van der Waals surface area (Å²) in [5.74, 6) is -0.00577. The second-order valence-electron chi connectivity index (χ2n) is 7.46. The number of amides is 1. The highest BCUT2D eigenvalue weighted by atomic mass is 16.2. The van der Waals surface area contributed by atoms with Crippen molar-refractivity contribution in [3.05, 3.63) is 29.8 Å². The molecule has 5 nitrogen and oxygen atoms in total. The third-order valence-electron chi connectivity index (χ3n) is 5.51. The van der Waals surface area contributed by atoms with Crippen molar-refractivity contribution in [2.24, 2.45) is 0 Å². The van der Waals surface area contributed by atoms with Gasteiger partial charge in [0.05, 0.1) is 12.6 Å². The van der Waals surface area contributed by atoms with Crippen molar-refractivity contribution >= 4 is 11.6 Å². The number of nitrogens with one attached hydrogen (secondary N) is 2. The Labute approximate surface area is 150 Å². The van der Waals surface area contributed by atoms with Crippen LogP contribution in [-0.2, 0) is 4.79 Å². The Balaban J connectivity index is 1.44. The maximum Gasteiger partial charge on any atom is 0.235 e. The van der Waals surface area contributed by atoms with Crippen molar-refractivity contribution in [3.8, 4) is 6.07 Å². The molecule has 1 aromatic rings. The van der Waals surface area contributed by atoms with Crippen LogP contribution in [0.1, 0.15) is 44.1 Å². The van der Waals surface area contributed by atoms with E-state index < -0.39 is 5.54 Å². The summed E-state index contributed by atoms with van der Waals surface area (Å²) in [6, 6.07) is 11.1. The van der Waals surface area contributed by atoms with Gasteiger partial charge in [-0.2, -0.15) is 5.26 Å². The highest BCUT2D eigenvalue weighted by Crippen LogP contribution is 2.28. The third kappa shape index (κ3) is 4.52. The lowest BCUT2D eigenvalue weighted by Gasteiger charge is -2.33. The van der Waals surface area contributed by atoms with Gasteiger partial charge in [-0.15, -0.1) is 0 Å². The summed E-state index contributed by atoms with van der Waals surface area (Å²) in [7, 11) is 0. The predicted octanol–water partition coefficient (Wildman–Crippen LogP) is 2.82. The monoisotopic (exact) mass is 340 g/mol. The van der Waals surface area contributed by atoms with E-state index in [9.17, 15) is 10.1 Å². The van der Waals surface area contributed by atoms with E-state index >= 15 is 0 Å². The van der Waals surface area contributed by atoms with Gasteiger partial charge in [0.1, 0.15) is 5.54 Å². The van der Waals surface area contributed by atoms with Crippen LogP contribution in [0.3, 0.4) is 0 Å². The second kappa shape index (κ2) is 7.88. The lowest BCUT2D eigenvalue weighted by atomic mass is 9.99. The smallest absolute Gasteiger partial charge is 0.235 e. The number of rotatable bonds is 5. The summed E-state index contributed by atoms with van der Waals surface area (Å²) in [6.07, 6.45) is 5.71. The molecular weight excluding hydrogens is 312 g/mol. The van der Waals surface area contributed by atoms with Gasteiger partial charge in [0.25, 0.3) is 0 Å². The average molecular weight is 340 g/mol. The molecule has 1 amide bonds. The van der Waals surface area contributed by atoms with E-state index in [0.717, 1.165) is 51.6 Å². The van der Waals surface area contributed by atoms with Gasteiger partial charge in [0.2, 0.25) is 5.91 Å². The van der Waals surface area contributed by atoms with Crippen LogP contribution in [0.25, 0.3) is 0 Å². The lowest BCUT2D eigenvalue weighted by molar-refractivity contribution is -0.123. The van der Waals surface area contributed by atoms with Crippen molar-refractivity contribution in [1.82, 2.24) is 10.2 Å². The fraction of sp³-hybridized carbons (Fsp3) is 0.600. The third-order valence-corrected chi connectivity index (χ3v) is 5.51. The molecule has 1 aliphatic heterocycles. The number of anilines is 1. The van der Waals surface area contributed by atoms with Crippen LogP contribution >= 0.6 is 0 Å². The number of piperidine rings is 1. The molecule has 25 heavy (non-hydrogen) atoms. The van der Waals surface area contributed by atoms with Crippen molar-refractivity contribution in [2.45, 2.75) is 57.0 Å². The summed E-state index contributed by atoms with van der Waals surface area (Å²) in [6.45, 7) is 4.35.